The van der Waals surface area contributed by atoms with Crippen molar-refractivity contribution in [1.82, 2.24) is 0 Å². The lowest BCUT2D eigenvalue weighted by Gasteiger charge is -2.58. The Morgan fingerprint density at radius 1 is 1.18 bits per heavy atom. The fourth-order valence-corrected chi connectivity index (χ4v) is 9.81. The molecule has 2 heterocycles. The lowest BCUT2D eigenvalue weighted by molar-refractivity contribution is -0.161. The molecule has 6 rings (SSSR count). The molecule has 3 saturated carbocycles. The normalized spacial score (nSPS) is 54.7. The fourth-order valence-electron chi connectivity index (χ4n) is 9.81. The highest BCUT2D eigenvalue weighted by Crippen LogP contribution is 2.73. The Balaban J connectivity index is 1.27. The minimum Gasteiger partial charge on any atom is -0.392 e. The Morgan fingerprint density at radius 3 is 2.65 bits per heavy atom. The van der Waals surface area contributed by atoms with E-state index in [1.165, 1.54) is 0 Å². The fraction of sp³-hybridized carbons (Fsp3) is 0.821. The quantitative estimate of drug-likeness (QED) is 0.431. The largest absolute Gasteiger partial charge is 0.392 e. The molecule has 0 radical (unpaired) electrons. The minimum absolute atomic E-state index is 0.0250. The molecule has 34 heavy (non-hydrogen) atoms. The highest BCUT2D eigenvalue weighted by Gasteiger charge is 2.80. The van der Waals surface area contributed by atoms with Gasteiger partial charge in [-0.1, -0.05) is 19.4 Å². The lowest BCUT2D eigenvalue weighted by Crippen LogP contribution is -2.63. The van der Waals surface area contributed by atoms with Crippen LogP contribution in [0.2, 0.25) is 0 Å². The van der Waals surface area contributed by atoms with E-state index in [9.17, 15) is 20.1 Å². The van der Waals surface area contributed by atoms with Crippen molar-refractivity contribution in [3.8, 4) is 0 Å². The molecule has 6 heteroatoms. The molecule has 3 N–H and O–H groups in total. The van der Waals surface area contributed by atoms with Gasteiger partial charge in [-0.25, -0.2) is 0 Å². The van der Waals surface area contributed by atoms with E-state index in [0.29, 0.717) is 29.2 Å². The molecular formula is C28H40O6. The average Bonchev–Trinajstić information content (AvgIpc) is 3.43. The van der Waals surface area contributed by atoms with E-state index in [-0.39, 0.29) is 35.9 Å². The lowest BCUT2D eigenvalue weighted by atomic mass is 9.44. The molecule has 1 spiro atoms. The predicted octanol–water partition coefficient (Wildman–Crippen LogP) is 3.14. The van der Waals surface area contributed by atoms with Crippen LogP contribution in [0, 0.1) is 40.4 Å². The van der Waals surface area contributed by atoms with E-state index in [2.05, 4.69) is 20.8 Å². The molecule has 4 aliphatic carbocycles. The topological polar surface area (TPSA) is 99.5 Å². The second-order valence-electron chi connectivity index (χ2n) is 12.7. The van der Waals surface area contributed by atoms with Crippen molar-refractivity contribution in [2.45, 2.75) is 96.4 Å². The van der Waals surface area contributed by atoms with Gasteiger partial charge >= 0.3 is 0 Å². The number of ketones is 1. The molecule has 4 fully saturated rings. The average molecular weight is 473 g/mol. The molecule has 6 nitrogen and oxygen atoms in total. The Hall–Kier alpha value is -1.05. The van der Waals surface area contributed by atoms with Crippen LogP contribution in [-0.4, -0.2) is 57.9 Å². The van der Waals surface area contributed by atoms with Crippen LogP contribution in [0.25, 0.3) is 0 Å². The Morgan fingerprint density at radius 2 is 1.94 bits per heavy atom. The number of epoxide rings is 1. The monoisotopic (exact) mass is 472 g/mol. The molecular weight excluding hydrogens is 432 g/mol. The SMILES string of the molecule is CC1=C(CO)C(O)OC(C(C)C2CCC3C4CC5OC56C(O)C=CC(=O)C6(C)C4CCC23C)C1. The maximum absolute atomic E-state index is 13.3. The second kappa shape index (κ2) is 7.48. The number of carbonyl (C=O) groups excluding carboxylic acids is 1. The number of rotatable bonds is 3. The maximum atomic E-state index is 13.3. The molecule has 188 valence electrons. The maximum Gasteiger partial charge on any atom is 0.179 e. The summed E-state index contributed by atoms with van der Waals surface area (Å²) in [5.41, 5.74) is 0.474. The molecule has 6 aliphatic rings. The molecule has 0 bridgehead atoms. The second-order valence-corrected chi connectivity index (χ2v) is 12.7. The van der Waals surface area contributed by atoms with Gasteiger partial charge in [-0.05, 0) is 99.5 Å². The van der Waals surface area contributed by atoms with Crippen molar-refractivity contribution in [2.24, 2.45) is 40.4 Å². The third kappa shape index (κ3) is 2.72. The van der Waals surface area contributed by atoms with Gasteiger partial charge in [-0.3, -0.25) is 4.79 Å². The molecule has 0 aromatic carbocycles. The van der Waals surface area contributed by atoms with Gasteiger partial charge in [0.05, 0.1) is 24.2 Å². The van der Waals surface area contributed by atoms with Crippen LogP contribution >= 0.6 is 0 Å². The molecule has 0 amide bonds. The molecule has 0 aromatic rings. The highest BCUT2D eigenvalue weighted by molar-refractivity contribution is 5.98. The molecule has 12 atom stereocenters. The van der Waals surface area contributed by atoms with Crippen LogP contribution in [0.3, 0.4) is 0 Å². The van der Waals surface area contributed by atoms with Crippen LogP contribution in [0.4, 0.5) is 0 Å². The van der Waals surface area contributed by atoms with Gasteiger partial charge in [0.2, 0.25) is 0 Å². The van der Waals surface area contributed by atoms with Gasteiger partial charge in [0, 0.05) is 5.57 Å². The van der Waals surface area contributed by atoms with E-state index in [1.807, 2.05) is 6.92 Å². The molecule has 12 unspecified atom stereocenters. The van der Waals surface area contributed by atoms with Crippen LogP contribution < -0.4 is 0 Å². The van der Waals surface area contributed by atoms with E-state index in [0.717, 1.165) is 44.1 Å². The minimum atomic E-state index is -1.01. The van der Waals surface area contributed by atoms with Gasteiger partial charge in [-0.2, -0.15) is 0 Å². The number of hydrogen-bond donors (Lipinski definition) is 3. The highest BCUT2D eigenvalue weighted by atomic mass is 16.6. The van der Waals surface area contributed by atoms with Gasteiger partial charge in [0.1, 0.15) is 11.7 Å². The summed E-state index contributed by atoms with van der Waals surface area (Å²) < 4.78 is 12.3. The van der Waals surface area contributed by atoms with Gasteiger partial charge in [0.15, 0.2) is 12.1 Å². The van der Waals surface area contributed by atoms with Gasteiger partial charge in [-0.15, -0.1) is 0 Å². The van der Waals surface area contributed by atoms with Crippen molar-refractivity contribution in [3.63, 3.8) is 0 Å². The van der Waals surface area contributed by atoms with Crippen molar-refractivity contribution in [3.05, 3.63) is 23.3 Å². The van der Waals surface area contributed by atoms with Crippen molar-refractivity contribution in [2.75, 3.05) is 6.61 Å². The number of allylic oxidation sites excluding steroid dienone is 1. The van der Waals surface area contributed by atoms with E-state index in [1.54, 1.807) is 12.2 Å². The van der Waals surface area contributed by atoms with Crippen LogP contribution in [0.5, 0.6) is 0 Å². The first-order valence-corrected chi connectivity index (χ1v) is 13.3. The number of fused-ring (bicyclic) bond motifs is 4. The van der Waals surface area contributed by atoms with E-state index < -0.39 is 23.4 Å². The number of carbonyl (C=O) groups is 1. The zero-order chi connectivity index (χ0) is 24.2. The Labute approximate surface area is 202 Å². The van der Waals surface area contributed by atoms with Crippen molar-refractivity contribution < 1.29 is 29.6 Å². The molecule has 1 saturated heterocycles. The number of hydrogen-bond acceptors (Lipinski definition) is 6. The van der Waals surface area contributed by atoms with Crippen LogP contribution in [0.1, 0.15) is 66.2 Å². The first kappa shape index (κ1) is 23.4. The number of aliphatic hydroxyl groups is 3. The van der Waals surface area contributed by atoms with Gasteiger partial charge in [0.25, 0.3) is 0 Å². The summed E-state index contributed by atoms with van der Waals surface area (Å²) >= 11 is 0. The van der Waals surface area contributed by atoms with Gasteiger partial charge < -0.3 is 24.8 Å². The molecule has 0 aromatic heterocycles. The van der Waals surface area contributed by atoms with Crippen LogP contribution in [0.15, 0.2) is 23.3 Å². The van der Waals surface area contributed by atoms with Crippen molar-refractivity contribution in [1.29, 1.82) is 0 Å². The summed E-state index contributed by atoms with van der Waals surface area (Å²) in [6, 6.07) is 0. The number of aliphatic hydroxyl groups excluding tert-OH is 3. The van der Waals surface area contributed by atoms with E-state index in [4.69, 9.17) is 9.47 Å². The zero-order valence-corrected chi connectivity index (χ0v) is 20.9. The first-order chi connectivity index (χ1) is 16.1. The number of ether oxygens (including phenoxy) is 2. The zero-order valence-electron chi connectivity index (χ0n) is 20.9. The van der Waals surface area contributed by atoms with Crippen LogP contribution in [-0.2, 0) is 14.3 Å². The third-order valence-electron chi connectivity index (χ3n) is 11.7. The summed E-state index contributed by atoms with van der Waals surface area (Å²) in [6.45, 7) is 8.64. The standard InChI is InChI=1S/C28H40O6/c1-14-11-21(33-25(32)17(14)13-29)15(2)18-5-6-19-16-12-24-28(34-24)23(31)8-7-22(30)27(28,4)20(16)9-10-26(18,19)3/h7-8,15-16,18-21,23-25,29,31-32H,5-6,9-13H2,1-4H3. The first-order valence-electron chi connectivity index (χ1n) is 13.3. The summed E-state index contributed by atoms with van der Waals surface area (Å²) in [4.78, 5) is 13.3. The molecule has 2 aliphatic heterocycles. The Kier molecular flexibility index (Phi) is 5.14. The van der Waals surface area contributed by atoms with E-state index >= 15 is 0 Å². The Bertz CT molecular complexity index is 957. The summed E-state index contributed by atoms with van der Waals surface area (Å²) in [7, 11) is 0. The summed E-state index contributed by atoms with van der Waals surface area (Å²) in [5, 5.41) is 30.9. The summed E-state index contributed by atoms with van der Waals surface area (Å²) in [5.74, 6) is 2.14. The smallest absolute Gasteiger partial charge is 0.179 e. The van der Waals surface area contributed by atoms with Crippen molar-refractivity contribution >= 4 is 5.78 Å². The predicted molar refractivity (Wildman–Crippen MR) is 125 cm³/mol. The third-order valence-corrected chi connectivity index (χ3v) is 11.7. The summed E-state index contributed by atoms with van der Waals surface area (Å²) in [6.07, 6.45) is 7.52.